The third-order valence-electron chi connectivity index (χ3n) is 3.83. The van der Waals surface area contributed by atoms with Crippen LogP contribution in [0.15, 0.2) is 24.3 Å². The number of carboxylic acid groups (broad SMARTS) is 1. The quantitative estimate of drug-likeness (QED) is 0.887. The van der Waals surface area contributed by atoms with Crippen molar-refractivity contribution in [3.8, 4) is 0 Å². The maximum absolute atomic E-state index is 12.9. The van der Waals surface area contributed by atoms with E-state index in [2.05, 4.69) is 11.8 Å². The molecule has 0 aliphatic carbocycles. The lowest BCUT2D eigenvalue weighted by Gasteiger charge is -2.37. The molecule has 110 valence electrons. The van der Waals surface area contributed by atoms with Crippen LogP contribution in [0.2, 0.25) is 0 Å². The number of carbonyl (C=O) groups is 1. The fraction of sp³-hybridized carbons (Fsp3) is 0.533. The molecule has 0 aromatic heterocycles. The van der Waals surface area contributed by atoms with Crippen molar-refractivity contribution in [2.75, 3.05) is 32.7 Å². The van der Waals surface area contributed by atoms with E-state index in [-0.39, 0.29) is 12.4 Å². The van der Waals surface area contributed by atoms with Crippen LogP contribution in [-0.4, -0.2) is 59.6 Å². The van der Waals surface area contributed by atoms with E-state index in [1.165, 1.54) is 12.1 Å². The largest absolute Gasteiger partial charge is 0.480 e. The van der Waals surface area contributed by atoms with Crippen molar-refractivity contribution in [3.63, 3.8) is 0 Å². The minimum atomic E-state index is -0.766. The number of hydrogen-bond donors (Lipinski definition) is 1. The molecule has 2 rings (SSSR count). The Morgan fingerprint density at radius 3 is 2.40 bits per heavy atom. The molecule has 20 heavy (non-hydrogen) atoms. The van der Waals surface area contributed by atoms with Crippen LogP contribution in [-0.2, 0) is 11.2 Å². The zero-order valence-corrected chi connectivity index (χ0v) is 11.8. The number of aliphatic carboxylic acids is 1. The van der Waals surface area contributed by atoms with Crippen molar-refractivity contribution in [1.29, 1.82) is 0 Å². The molecular formula is C15H21FN2O2. The highest BCUT2D eigenvalue weighted by molar-refractivity contribution is 5.69. The summed E-state index contributed by atoms with van der Waals surface area (Å²) in [5.41, 5.74) is 1.13. The van der Waals surface area contributed by atoms with E-state index < -0.39 is 5.97 Å². The van der Waals surface area contributed by atoms with E-state index in [4.69, 9.17) is 5.11 Å². The van der Waals surface area contributed by atoms with Crippen LogP contribution in [0.3, 0.4) is 0 Å². The number of benzene rings is 1. The summed E-state index contributed by atoms with van der Waals surface area (Å²) in [5.74, 6) is -0.971. The Hall–Kier alpha value is -1.46. The molecule has 1 aliphatic heterocycles. The third kappa shape index (κ3) is 4.28. The van der Waals surface area contributed by atoms with E-state index in [1.54, 1.807) is 0 Å². The van der Waals surface area contributed by atoms with E-state index in [9.17, 15) is 9.18 Å². The SMILES string of the molecule is CC(Cc1ccc(F)cc1)N1CCN(CC(=O)O)CC1. The lowest BCUT2D eigenvalue weighted by molar-refractivity contribution is -0.138. The Balaban J connectivity index is 1.81. The van der Waals surface area contributed by atoms with Crippen LogP contribution in [0.25, 0.3) is 0 Å². The van der Waals surface area contributed by atoms with Gasteiger partial charge in [0.25, 0.3) is 0 Å². The van der Waals surface area contributed by atoms with E-state index in [1.807, 2.05) is 17.0 Å². The molecule has 1 aromatic rings. The van der Waals surface area contributed by atoms with Crippen molar-refractivity contribution < 1.29 is 14.3 Å². The first-order valence-electron chi connectivity index (χ1n) is 6.97. The van der Waals surface area contributed by atoms with Gasteiger partial charge in [0.05, 0.1) is 6.54 Å². The van der Waals surface area contributed by atoms with Gasteiger partial charge < -0.3 is 5.11 Å². The van der Waals surface area contributed by atoms with Gasteiger partial charge in [-0.2, -0.15) is 0 Å². The Morgan fingerprint density at radius 2 is 1.85 bits per heavy atom. The van der Waals surface area contributed by atoms with Crippen molar-refractivity contribution >= 4 is 5.97 Å². The van der Waals surface area contributed by atoms with Gasteiger partial charge in [-0.1, -0.05) is 12.1 Å². The van der Waals surface area contributed by atoms with E-state index >= 15 is 0 Å². The molecule has 1 fully saturated rings. The first kappa shape index (κ1) is 14.9. The Kier molecular flexibility index (Phi) is 5.09. The Bertz CT molecular complexity index is 442. The lowest BCUT2D eigenvalue weighted by atomic mass is 10.1. The zero-order valence-electron chi connectivity index (χ0n) is 11.8. The van der Waals surface area contributed by atoms with Crippen molar-refractivity contribution in [1.82, 2.24) is 9.80 Å². The summed E-state index contributed by atoms with van der Waals surface area (Å²) in [6.45, 7) is 5.64. The molecule has 0 spiro atoms. The van der Waals surface area contributed by atoms with Gasteiger partial charge in [0.2, 0.25) is 0 Å². The van der Waals surface area contributed by atoms with E-state index in [0.29, 0.717) is 6.04 Å². The molecule has 0 amide bonds. The first-order chi connectivity index (χ1) is 9.54. The fourth-order valence-electron chi connectivity index (χ4n) is 2.64. The van der Waals surface area contributed by atoms with Crippen LogP contribution in [0, 0.1) is 5.82 Å². The average molecular weight is 280 g/mol. The highest BCUT2D eigenvalue weighted by Gasteiger charge is 2.22. The molecule has 4 nitrogen and oxygen atoms in total. The third-order valence-corrected chi connectivity index (χ3v) is 3.83. The average Bonchev–Trinajstić information content (AvgIpc) is 2.41. The highest BCUT2D eigenvalue weighted by Crippen LogP contribution is 2.12. The maximum Gasteiger partial charge on any atom is 0.317 e. The van der Waals surface area contributed by atoms with Gasteiger partial charge >= 0.3 is 5.97 Å². The summed E-state index contributed by atoms with van der Waals surface area (Å²) < 4.78 is 12.9. The van der Waals surface area contributed by atoms with Crippen molar-refractivity contribution in [2.45, 2.75) is 19.4 Å². The second-order valence-electron chi connectivity index (χ2n) is 5.39. The minimum absolute atomic E-state index is 0.125. The van der Waals surface area contributed by atoms with Gasteiger partial charge in [-0.25, -0.2) is 4.39 Å². The second kappa shape index (κ2) is 6.81. The summed E-state index contributed by atoms with van der Waals surface area (Å²) in [5, 5.41) is 8.77. The molecule has 1 atom stereocenters. The Labute approximate surface area is 118 Å². The second-order valence-corrected chi connectivity index (χ2v) is 5.39. The van der Waals surface area contributed by atoms with Crippen LogP contribution in [0.1, 0.15) is 12.5 Å². The molecule has 1 aromatic carbocycles. The number of piperazine rings is 1. The van der Waals surface area contributed by atoms with Crippen molar-refractivity contribution in [2.24, 2.45) is 0 Å². The predicted molar refractivity (Wildman–Crippen MR) is 75.2 cm³/mol. The molecule has 1 N–H and O–H groups in total. The highest BCUT2D eigenvalue weighted by atomic mass is 19.1. The van der Waals surface area contributed by atoms with Gasteiger partial charge in [0.15, 0.2) is 0 Å². The van der Waals surface area contributed by atoms with Gasteiger partial charge in [0.1, 0.15) is 5.82 Å². The smallest absolute Gasteiger partial charge is 0.317 e. The van der Waals surface area contributed by atoms with E-state index in [0.717, 1.165) is 38.2 Å². The molecular weight excluding hydrogens is 259 g/mol. The molecule has 0 radical (unpaired) electrons. The molecule has 0 saturated carbocycles. The monoisotopic (exact) mass is 280 g/mol. The number of nitrogens with zero attached hydrogens (tertiary/aromatic N) is 2. The molecule has 0 bridgehead atoms. The standard InChI is InChI=1S/C15H21FN2O2/c1-12(10-13-2-4-14(16)5-3-13)18-8-6-17(7-9-18)11-15(19)20/h2-5,12H,6-11H2,1H3,(H,19,20). The normalized spacial score (nSPS) is 18.9. The number of halogens is 1. The molecule has 5 heteroatoms. The van der Waals surface area contributed by atoms with Crippen LogP contribution >= 0.6 is 0 Å². The number of carboxylic acids is 1. The van der Waals surface area contributed by atoms with Gasteiger partial charge in [-0.05, 0) is 31.0 Å². The minimum Gasteiger partial charge on any atom is -0.480 e. The number of hydrogen-bond acceptors (Lipinski definition) is 3. The zero-order chi connectivity index (χ0) is 14.5. The molecule has 1 aliphatic rings. The van der Waals surface area contributed by atoms with Crippen LogP contribution < -0.4 is 0 Å². The topological polar surface area (TPSA) is 43.8 Å². The predicted octanol–water partition coefficient (Wildman–Crippen LogP) is 1.46. The maximum atomic E-state index is 12.9. The van der Waals surface area contributed by atoms with Gasteiger partial charge in [0, 0.05) is 32.2 Å². The molecule has 1 saturated heterocycles. The van der Waals surface area contributed by atoms with Gasteiger partial charge in [-0.3, -0.25) is 14.6 Å². The number of rotatable bonds is 5. The van der Waals surface area contributed by atoms with Crippen LogP contribution in [0.4, 0.5) is 4.39 Å². The lowest BCUT2D eigenvalue weighted by Crippen LogP contribution is -2.51. The van der Waals surface area contributed by atoms with Gasteiger partial charge in [-0.15, -0.1) is 0 Å². The summed E-state index contributed by atoms with van der Waals surface area (Å²) in [6, 6.07) is 7.02. The van der Waals surface area contributed by atoms with Crippen LogP contribution in [0.5, 0.6) is 0 Å². The fourth-order valence-corrected chi connectivity index (χ4v) is 2.64. The summed E-state index contributed by atoms with van der Waals surface area (Å²) in [4.78, 5) is 15.0. The summed E-state index contributed by atoms with van der Waals surface area (Å²) >= 11 is 0. The molecule has 1 unspecified atom stereocenters. The first-order valence-corrected chi connectivity index (χ1v) is 6.97. The summed E-state index contributed by atoms with van der Waals surface area (Å²) in [7, 11) is 0. The van der Waals surface area contributed by atoms with Crippen molar-refractivity contribution in [3.05, 3.63) is 35.6 Å². The Morgan fingerprint density at radius 1 is 1.25 bits per heavy atom. The molecule has 1 heterocycles. The summed E-state index contributed by atoms with van der Waals surface area (Å²) in [6.07, 6.45) is 0.888.